The topological polar surface area (TPSA) is 56.8 Å². The molecule has 0 aromatic heterocycles. The molecule has 19 heavy (non-hydrogen) atoms. The lowest BCUT2D eigenvalue weighted by Gasteiger charge is -2.22. The highest BCUT2D eigenvalue weighted by Gasteiger charge is 2.52. The van der Waals surface area contributed by atoms with E-state index < -0.39 is 8.80 Å². The Labute approximate surface area is 115 Å². The van der Waals surface area contributed by atoms with Crippen LogP contribution < -0.4 is 5.32 Å². The first-order valence-corrected chi connectivity index (χ1v) is 8.93. The van der Waals surface area contributed by atoms with E-state index in [1.165, 1.54) is 18.9 Å². The molecule has 1 heterocycles. The number of nitrogens with one attached hydrogen (secondary N) is 1. The SMILES string of the molecule is C=CC(=O)NCCC[Si]1(OC)OC2CCCCC2O1. The molecule has 0 spiro atoms. The van der Waals surface area contributed by atoms with Gasteiger partial charge in [0.1, 0.15) is 0 Å². The lowest BCUT2D eigenvalue weighted by atomic mass is 9.95. The zero-order valence-corrected chi connectivity index (χ0v) is 12.5. The minimum Gasteiger partial charge on any atom is -0.377 e. The molecule has 1 saturated carbocycles. The van der Waals surface area contributed by atoms with Gasteiger partial charge in [0.2, 0.25) is 5.91 Å². The Bertz CT molecular complexity index is 323. The van der Waals surface area contributed by atoms with E-state index in [2.05, 4.69) is 11.9 Å². The molecule has 2 aliphatic rings. The summed E-state index contributed by atoms with van der Waals surface area (Å²) in [6.07, 6.45) is 7.12. The van der Waals surface area contributed by atoms with Crippen molar-refractivity contribution in [1.29, 1.82) is 0 Å². The molecular weight excluding hydrogens is 262 g/mol. The number of hydrogen-bond donors (Lipinski definition) is 1. The minimum atomic E-state index is -2.49. The second-order valence-corrected chi connectivity index (χ2v) is 7.83. The fraction of sp³-hybridized carbons (Fsp3) is 0.769. The van der Waals surface area contributed by atoms with Gasteiger partial charge in [0.15, 0.2) is 0 Å². The highest BCUT2D eigenvalue weighted by Crippen LogP contribution is 2.37. The average Bonchev–Trinajstić information content (AvgIpc) is 2.82. The van der Waals surface area contributed by atoms with Crippen LogP contribution in [0, 0.1) is 0 Å². The summed E-state index contributed by atoms with van der Waals surface area (Å²) in [5.41, 5.74) is 0. The van der Waals surface area contributed by atoms with Gasteiger partial charge in [0.25, 0.3) is 0 Å². The maximum Gasteiger partial charge on any atom is 0.501 e. The summed E-state index contributed by atoms with van der Waals surface area (Å²) in [7, 11) is -0.821. The normalized spacial score (nSPS) is 33.7. The molecule has 0 aromatic carbocycles. The maximum absolute atomic E-state index is 11.1. The van der Waals surface area contributed by atoms with Crippen LogP contribution in [0.25, 0.3) is 0 Å². The third kappa shape index (κ3) is 3.66. The predicted octanol–water partition coefficient (Wildman–Crippen LogP) is 1.62. The Morgan fingerprint density at radius 2 is 2.05 bits per heavy atom. The molecule has 108 valence electrons. The van der Waals surface area contributed by atoms with E-state index in [0.717, 1.165) is 25.3 Å². The van der Waals surface area contributed by atoms with Gasteiger partial charge < -0.3 is 18.6 Å². The fourth-order valence-corrected chi connectivity index (χ4v) is 5.49. The molecule has 2 unspecified atom stereocenters. The van der Waals surface area contributed by atoms with Crippen molar-refractivity contribution < 1.29 is 18.1 Å². The highest BCUT2D eigenvalue weighted by atomic mass is 28.4. The first-order valence-electron chi connectivity index (χ1n) is 7.00. The van der Waals surface area contributed by atoms with E-state index in [4.69, 9.17) is 13.3 Å². The van der Waals surface area contributed by atoms with Crippen LogP contribution in [0.15, 0.2) is 12.7 Å². The van der Waals surface area contributed by atoms with E-state index in [1.807, 2.05) is 0 Å². The van der Waals surface area contributed by atoms with Gasteiger partial charge in [-0.1, -0.05) is 19.4 Å². The van der Waals surface area contributed by atoms with E-state index in [-0.39, 0.29) is 18.1 Å². The highest BCUT2D eigenvalue weighted by molar-refractivity contribution is 6.61. The van der Waals surface area contributed by atoms with Crippen molar-refractivity contribution in [3.8, 4) is 0 Å². The Hall–Kier alpha value is -0.693. The second-order valence-electron chi connectivity index (χ2n) is 5.08. The summed E-state index contributed by atoms with van der Waals surface area (Å²) in [5.74, 6) is -0.143. The molecule has 1 N–H and O–H groups in total. The molecule has 5 nitrogen and oxygen atoms in total. The van der Waals surface area contributed by atoms with Gasteiger partial charge in [-0.05, 0) is 25.3 Å². The summed E-state index contributed by atoms with van der Waals surface area (Å²) in [6.45, 7) is 4.02. The largest absolute Gasteiger partial charge is 0.501 e. The van der Waals surface area contributed by atoms with E-state index in [1.54, 1.807) is 7.11 Å². The molecule has 6 heteroatoms. The number of rotatable bonds is 6. The van der Waals surface area contributed by atoms with Gasteiger partial charge in [-0.2, -0.15) is 0 Å². The Balaban J connectivity index is 1.79. The van der Waals surface area contributed by atoms with Crippen LogP contribution in [0.2, 0.25) is 6.04 Å². The van der Waals surface area contributed by atoms with Gasteiger partial charge in [0, 0.05) is 19.7 Å². The van der Waals surface area contributed by atoms with E-state index in [0.29, 0.717) is 6.54 Å². The van der Waals surface area contributed by atoms with Gasteiger partial charge in [-0.3, -0.25) is 4.79 Å². The van der Waals surface area contributed by atoms with Crippen molar-refractivity contribution >= 4 is 14.7 Å². The van der Waals surface area contributed by atoms with Crippen LogP contribution in [-0.4, -0.2) is 40.6 Å². The third-order valence-electron chi connectivity index (χ3n) is 3.76. The van der Waals surface area contributed by atoms with Crippen molar-refractivity contribution in [2.45, 2.75) is 50.4 Å². The molecule has 2 atom stereocenters. The summed E-state index contributed by atoms with van der Waals surface area (Å²) >= 11 is 0. The van der Waals surface area contributed by atoms with Crippen molar-refractivity contribution in [1.82, 2.24) is 5.32 Å². The van der Waals surface area contributed by atoms with Crippen molar-refractivity contribution in [3.05, 3.63) is 12.7 Å². The molecule has 1 amide bonds. The van der Waals surface area contributed by atoms with Crippen LogP contribution >= 0.6 is 0 Å². The quantitative estimate of drug-likeness (QED) is 0.458. The lowest BCUT2D eigenvalue weighted by molar-refractivity contribution is -0.116. The number of hydrogen-bond acceptors (Lipinski definition) is 4. The lowest BCUT2D eigenvalue weighted by Crippen LogP contribution is -2.41. The summed E-state index contributed by atoms with van der Waals surface area (Å²) in [4.78, 5) is 11.1. The monoisotopic (exact) mass is 285 g/mol. The standard InChI is InChI=1S/C13H23NO4Si/c1-3-13(15)14-9-6-10-19(16-2)17-11-7-4-5-8-12(11)18-19/h3,11-12H,1,4-10H2,2H3,(H,14,15). The van der Waals surface area contributed by atoms with Gasteiger partial charge in [-0.15, -0.1) is 0 Å². The second kappa shape index (κ2) is 6.65. The first-order chi connectivity index (χ1) is 9.19. The van der Waals surface area contributed by atoms with Gasteiger partial charge in [-0.25, -0.2) is 0 Å². The molecule has 1 aliphatic heterocycles. The predicted molar refractivity (Wildman–Crippen MR) is 73.6 cm³/mol. The number of fused-ring (bicyclic) bond motifs is 1. The fourth-order valence-electron chi connectivity index (χ4n) is 2.73. The van der Waals surface area contributed by atoms with Crippen LogP contribution in [0.4, 0.5) is 0 Å². The van der Waals surface area contributed by atoms with Crippen LogP contribution in [0.5, 0.6) is 0 Å². The molecule has 1 saturated heterocycles. The van der Waals surface area contributed by atoms with Crippen LogP contribution in [0.3, 0.4) is 0 Å². The molecule has 0 radical (unpaired) electrons. The molecule has 0 bridgehead atoms. The van der Waals surface area contributed by atoms with Crippen LogP contribution in [0.1, 0.15) is 32.1 Å². The van der Waals surface area contributed by atoms with Gasteiger partial charge >= 0.3 is 8.80 Å². The van der Waals surface area contributed by atoms with Crippen molar-refractivity contribution in [2.24, 2.45) is 0 Å². The zero-order chi connectivity index (χ0) is 13.7. The Morgan fingerprint density at radius 3 is 2.58 bits per heavy atom. The van der Waals surface area contributed by atoms with Gasteiger partial charge in [0.05, 0.1) is 12.2 Å². The maximum atomic E-state index is 11.1. The van der Waals surface area contributed by atoms with Crippen LogP contribution in [-0.2, 0) is 18.1 Å². The Kier molecular flexibility index (Phi) is 5.15. The average molecular weight is 285 g/mol. The van der Waals surface area contributed by atoms with E-state index in [9.17, 15) is 4.79 Å². The smallest absolute Gasteiger partial charge is 0.377 e. The summed E-state index contributed by atoms with van der Waals surface area (Å²) < 4.78 is 17.8. The Morgan fingerprint density at radius 1 is 1.42 bits per heavy atom. The number of carbonyl (C=O) groups is 1. The minimum absolute atomic E-state index is 0.143. The third-order valence-corrected chi connectivity index (χ3v) is 6.67. The zero-order valence-electron chi connectivity index (χ0n) is 11.5. The van der Waals surface area contributed by atoms with Crippen molar-refractivity contribution in [2.75, 3.05) is 13.7 Å². The van der Waals surface area contributed by atoms with E-state index >= 15 is 0 Å². The molecule has 0 aromatic rings. The molecular formula is C13H23NO4Si. The number of carbonyl (C=O) groups excluding carboxylic acids is 1. The van der Waals surface area contributed by atoms with Crippen molar-refractivity contribution in [3.63, 3.8) is 0 Å². The molecule has 2 rings (SSSR count). The molecule has 1 aliphatic carbocycles. The number of amides is 1. The summed E-state index contributed by atoms with van der Waals surface area (Å²) in [6, 6.07) is 0.758. The molecule has 2 fully saturated rings. The first kappa shape index (κ1) is 14.7. The summed E-state index contributed by atoms with van der Waals surface area (Å²) in [5, 5.41) is 2.76.